The first kappa shape index (κ1) is 17.8. The van der Waals surface area contributed by atoms with E-state index in [1.807, 2.05) is 0 Å². The first-order chi connectivity index (χ1) is 12.2. The van der Waals surface area contributed by atoms with Gasteiger partial charge < -0.3 is 15.3 Å². The number of nitrogens with one attached hydrogen (secondary N) is 1. The maximum atomic E-state index is 11.1. The van der Waals surface area contributed by atoms with Crippen LogP contribution >= 0.6 is 11.3 Å². The van der Waals surface area contributed by atoms with Crippen LogP contribution in [0.15, 0.2) is 35.7 Å². The molecule has 2 aromatic rings. The zero-order valence-corrected chi connectivity index (χ0v) is 15.5. The molecule has 1 aliphatic carbocycles. The molecule has 0 saturated carbocycles. The summed E-state index contributed by atoms with van der Waals surface area (Å²) in [5.41, 5.74) is 3.64. The number of aryl methyl sites for hydroxylation is 1. The van der Waals surface area contributed by atoms with Crippen LogP contribution in [-0.2, 0) is 12.8 Å². The second kappa shape index (κ2) is 8.39. The highest BCUT2D eigenvalue weighted by atomic mass is 32.1. The molecule has 1 aromatic heterocycles. The van der Waals surface area contributed by atoms with Crippen molar-refractivity contribution in [2.75, 3.05) is 18.0 Å². The predicted octanol–water partition coefficient (Wildman–Crippen LogP) is 4.85. The van der Waals surface area contributed by atoms with Gasteiger partial charge in [0.1, 0.15) is 0 Å². The van der Waals surface area contributed by atoms with Crippen molar-refractivity contribution in [2.24, 2.45) is 0 Å². The zero-order valence-electron chi connectivity index (χ0n) is 14.7. The number of fused-ring (bicyclic) bond motifs is 1. The van der Waals surface area contributed by atoms with Crippen molar-refractivity contribution >= 4 is 23.1 Å². The van der Waals surface area contributed by atoms with E-state index in [0.29, 0.717) is 0 Å². The maximum Gasteiger partial charge on any atom is 0.405 e. The van der Waals surface area contributed by atoms with Crippen molar-refractivity contribution in [1.29, 1.82) is 0 Å². The van der Waals surface area contributed by atoms with Gasteiger partial charge in [-0.3, -0.25) is 0 Å². The summed E-state index contributed by atoms with van der Waals surface area (Å²) in [4.78, 5) is 14.9. The number of nitrogens with zero attached hydrogens (tertiary/aromatic N) is 1. The molecule has 0 aliphatic heterocycles. The SMILES string of the molecule is CCCN(CCc1cccs1)c1ccc2c(c1)C(NC(=O)O)CCC2. The molecule has 1 unspecified atom stereocenters. The Hall–Kier alpha value is -2.01. The highest BCUT2D eigenvalue weighted by Crippen LogP contribution is 2.33. The molecule has 1 aliphatic rings. The summed E-state index contributed by atoms with van der Waals surface area (Å²) in [6, 6.07) is 10.8. The molecule has 1 amide bonds. The number of rotatable bonds is 7. The monoisotopic (exact) mass is 358 g/mol. The number of hydrogen-bond donors (Lipinski definition) is 2. The van der Waals surface area contributed by atoms with Crippen molar-refractivity contribution in [3.63, 3.8) is 0 Å². The van der Waals surface area contributed by atoms with Gasteiger partial charge in [0.2, 0.25) is 0 Å². The van der Waals surface area contributed by atoms with Crippen LogP contribution in [0.3, 0.4) is 0 Å². The van der Waals surface area contributed by atoms with Gasteiger partial charge in [0.15, 0.2) is 0 Å². The van der Waals surface area contributed by atoms with Gasteiger partial charge in [-0.1, -0.05) is 19.1 Å². The lowest BCUT2D eigenvalue weighted by molar-refractivity contribution is 0.188. The van der Waals surface area contributed by atoms with Gasteiger partial charge in [-0.2, -0.15) is 0 Å². The van der Waals surface area contributed by atoms with Crippen molar-refractivity contribution < 1.29 is 9.90 Å². The highest BCUT2D eigenvalue weighted by Gasteiger charge is 2.22. The number of anilines is 1. The fourth-order valence-electron chi connectivity index (χ4n) is 3.62. The Bertz CT molecular complexity index is 700. The van der Waals surface area contributed by atoms with E-state index in [9.17, 15) is 4.79 Å². The summed E-state index contributed by atoms with van der Waals surface area (Å²) in [5, 5.41) is 13.9. The number of carbonyl (C=O) groups is 1. The largest absolute Gasteiger partial charge is 0.465 e. The van der Waals surface area contributed by atoms with Crippen LogP contribution in [0.4, 0.5) is 10.5 Å². The van der Waals surface area contributed by atoms with E-state index in [4.69, 9.17) is 5.11 Å². The highest BCUT2D eigenvalue weighted by molar-refractivity contribution is 7.09. The second-order valence-electron chi connectivity index (χ2n) is 6.59. The summed E-state index contributed by atoms with van der Waals surface area (Å²) in [5.74, 6) is 0. The van der Waals surface area contributed by atoms with Crippen LogP contribution in [0.5, 0.6) is 0 Å². The Morgan fingerprint density at radius 2 is 2.24 bits per heavy atom. The van der Waals surface area contributed by atoms with Crippen molar-refractivity contribution in [3.8, 4) is 0 Å². The zero-order chi connectivity index (χ0) is 17.6. The van der Waals surface area contributed by atoms with Crippen LogP contribution < -0.4 is 10.2 Å². The van der Waals surface area contributed by atoms with E-state index >= 15 is 0 Å². The molecule has 3 rings (SSSR count). The minimum atomic E-state index is -0.939. The first-order valence-corrected chi connectivity index (χ1v) is 9.95. The van der Waals surface area contributed by atoms with Crippen LogP contribution in [-0.4, -0.2) is 24.3 Å². The normalized spacial score (nSPS) is 16.3. The molecule has 4 nitrogen and oxygen atoms in total. The van der Waals surface area contributed by atoms with Gasteiger partial charge >= 0.3 is 6.09 Å². The minimum absolute atomic E-state index is 0.0815. The van der Waals surface area contributed by atoms with Gasteiger partial charge in [0.25, 0.3) is 0 Å². The Balaban J connectivity index is 1.80. The minimum Gasteiger partial charge on any atom is -0.465 e. The maximum absolute atomic E-state index is 11.1. The van der Waals surface area contributed by atoms with Gasteiger partial charge in [-0.15, -0.1) is 11.3 Å². The number of carboxylic acid groups (broad SMARTS) is 1. The Kier molecular flexibility index (Phi) is 5.97. The van der Waals surface area contributed by atoms with Crippen LogP contribution in [0.2, 0.25) is 0 Å². The third kappa shape index (κ3) is 4.54. The van der Waals surface area contributed by atoms with Gasteiger partial charge in [-0.05, 0) is 66.8 Å². The Morgan fingerprint density at radius 1 is 1.36 bits per heavy atom. The van der Waals surface area contributed by atoms with Crippen LogP contribution in [0.1, 0.15) is 48.2 Å². The van der Waals surface area contributed by atoms with E-state index < -0.39 is 6.09 Å². The smallest absolute Gasteiger partial charge is 0.405 e. The molecule has 0 fully saturated rings. The predicted molar refractivity (Wildman–Crippen MR) is 104 cm³/mol. The summed E-state index contributed by atoms with van der Waals surface area (Å²) in [7, 11) is 0. The fourth-order valence-corrected chi connectivity index (χ4v) is 4.32. The molecule has 0 radical (unpaired) electrons. The molecule has 1 heterocycles. The molecule has 1 atom stereocenters. The molecule has 25 heavy (non-hydrogen) atoms. The lowest BCUT2D eigenvalue weighted by atomic mass is 9.87. The average molecular weight is 359 g/mol. The molecular weight excluding hydrogens is 332 g/mol. The fraction of sp³-hybridized carbons (Fsp3) is 0.450. The molecule has 1 aromatic carbocycles. The van der Waals surface area contributed by atoms with Gasteiger partial charge in [0.05, 0.1) is 6.04 Å². The van der Waals surface area contributed by atoms with E-state index in [0.717, 1.165) is 50.8 Å². The Morgan fingerprint density at radius 3 is 2.96 bits per heavy atom. The third-order valence-corrected chi connectivity index (χ3v) is 5.74. The molecule has 134 valence electrons. The number of benzene rings is 1. The molecule has 0 bridgehead atoms. The number of amides is 1. The van der Waals surface area contributed by atoms with Crippen molar-refractivity contribution in [1.82, 2.24) is 5.32 Å². The van der Waals surface area contributed by atoms with E-state index in [1.165, 1.54) is 16.1 Å². The topological polar surface area (TPSA) is 52.6 Å². The third-order valence-electron chi connectivity index (χ3n) is 4.81. The van der Waals surface area contributed by atoms with Crippen LogP contribution in [0, 0.1) is 0 Å². The van der Waals surface area contributed by atoms with Crippen molar-refractivity contribution in [2.45, 2.75) is 45.1 Å². The summed E-state index contributed by atoms with van der Waals surface area (Å²) < 4.78 is 0. The summed E-state index contributed by atoms with van der Waals surface area (Å²) >= 11 is 1.81. The van der Waals surface area contributed by atoms with Gasteiger partial charge in [0, 0.05) is 23.7 Å². The Labute approximate surface area is 153 Å². The average Bonchev–Trinajstić information content (AvgIpc) is 3.12. The lowest BCUT2D eigenvalue weighted by Crippen LogP contribution is -2.31. The number of hydrogen-bond acceptors (Lipinski definition) is 3. The lowest BCUT2D eigenvalue weighted by Gasteiger charge is -2.29. The van der Waals surface area contributed by atoms with E-state index in [1.54, 1.807) is 11.3 Å². The number of thiophene rings is 1. The quantitative estimate of drug-likeness (QED) is 0.744. The van der Waals surface area contributed by atoms with E-state index in [-0.39, 0.29) is 6.04 Å². The molecule has 2 N–H and O–H groups in total. The standard InChI is InChI=1S/C20H26N2O2S/c1-2-11-22(12-10-17-6-4-13-25-17)16-9-8-15-5-3-7-19(18(15)14-16)21-20(23)24/h4,6,8-9,13-14,19,21H,2-3,5,7,10-12H2,1H3,(H,23,24). The second-order valence-corrected chi connectivity index (χ2v) is 7.63. The van der Waals surface area contributed by atoms with E-state index in [2.05, 4.69) is 52.9 Å². The summed E-state index contributed by atoms with van der Waals surface area (Å²) in [6.45, 7) is 4.21. The molecule has 5 heteroatoms. The molecule has 0 spiro atoms. The first-order valence-electron chi connectivity index (χ1n) is 9.07. The van der Waals surface area contributed by atoms with Crippen molar-refractivity contribution in [3.05, 3.63) is 51.7 Å². The van der Waals surface area contributed by atoms with Gasteiger partial charge in [-0.25, -0.2) is 4.79 Å². The molecular formula is C20H26N2O2S. The van der Waals surface area contributed by atoms with Crippen LogP contribution in [0.25, 0.3) is 0 Å². The summed E-state index contributed by atoms with van der Waals surface area (Å²) in [6.07, 6.45) is 4.16. The molecule has 0 saturated heterocycles.